The van der Waals surface area contributed by atoms with Crippen molar-refractivity contribution in [3.63, 3.8) is 0 Å². The van der Waals surface area contributed by atoms with Crippen molar-refractivity contribution < 1.29 is 4.79 Å². The minimum absolute atomic E-state index is 0.158. The van der Waals surface area contributed by atoms with Gasteiger partial charge in [-0.25, -0.2) is 9.97 Å². The summed E-state index contributed by atoms with van der Waals surface area (Å²) in [6.45, 7) is 1.85. The number of aryl methyl sites for hydroxylation is 1. The quantitative estimate of drug-likeness (QED) is 0.762. The number of benzene rings is 1. The summed E-state index contributed by atoms with van der Waals surface area (Å²) in [6.07, 6.45) is 3.42. The van der Waals surface area contributed by atoms with Crippen LogP contribution >= 0.6 is 11.6 Å². The van der Waals surface area contributed by atoms with Gasteiger partial charge in [0.2, 0.25) is 11.9 Å². The third kappa shape index (κ3) is 2.91. The van der Waals surface area contributed by atoms with Crippen LogP contribution in [0, 0.1) is 6.92 Å². The summed E-state index contributed by atoms with van der Waals surface area (Å²) >= 11 is 6.16. The number of hydrogen-bond acceptors (Lipinski definition) is 5. The van der Waals surface area contributed by atoms with Crippen molar-refractivity contribution in [2.45, 2.75) is 6.92 Å². The molecule has 2 heterocycles. The average Bonchev–Trinajstić information content (AvgIpc) is 2.54. The Morgan fingerprint density at radius 2 is 1.96 bits per heavy atom. The Hall–Kier alpha value is -2.99. The molecule has 1 amide bonds. The Balaban J connectivity index is 2.25. The lowest BCUT2D eigenvalue weighted by Gasteiger charge is -2.13. The van der Waals surface area contributed by atoms with Gasteiger partial charge in [-0.05, 0) is 25.1 Å². The predicted octanol–water partition coefficient (Wildman–Crippen LogP) is 2.85. The summed E-state index contributed by atoms with van der Waals surface area (Å²) in [7, 11) is 0. The molecule has 0 saturated heterocycles. The highest BCUT2D eigenvalue weighted by Crippen LogP contribution is 2.34. The number of halogens is 1. The van der Waals surface area contributed by atoms with Crippen LogP contribution in [-0.4, -0.2) is 20.9 Å². The lowest BCUT2D eigenvalue weighted by atomic mass is 9.98. The number of carbonyl (C=O) groups is 1. The van der Waals surface area contributed by atoms with E-state index < -0.39 is 5.91 Å². The first-order valence-electron chi connectivity index (χ1n) is 7.11. The molecule has 0 aliphatic carbocycles. The molecular weight excluding hydrogens is 326 g/mol. The molecule has 3 rings (SSSR count). The first-order valence-corrected chi connectivity index (χ1v) is 7.49. The third-order valence-corrected chi connectivity index (χ3v) is 3.88. The van der Waals surface area contributed by atoms with Crippen LogP contribution < -0.4 is 11.5 Å². The molecule has 4 N–H and O–H groups in total. The number of aromatic nitrogens is 3. The van der Waals surface area contributed by atoms with E-state index in [0.29, 0.717) is 11.3 Å². The number of anilines is 1. The zero-order valence-electron chi connectivity index (χ0n) is 12.8. The van der Waals surface area contributed by atoms with Crippen molar-refractivity contribution in [3.05, 3.63) is 59.0 Å². The maximum Gasteiger partial charge on any atom is 0.250 e. The zero-order chi connectivity index (χ0) is 17.3. The van der Waals surface area contributed by atoms with E-state index in [1.165, 1.54) is 0 Å². The Morgan fingerprint density at radius 1 is 1.17 bits per heavy atom. The molecule has 0 radical (unpaired) electrons. The molecule has 0 aliphatic heterocycles. The summed E-state index contributed by atoms with van der Waals surface area (Å²) in [4.78, 5) is 24.1. The maximum atomic E-state index is 11.4. The van der Waals surface area contributed by atoms with Gasteiger partial charge in [-0.15, -0.1) is 0 Å². The van der Waals surface area contributed by atoms with E-state index in [9.17, 15) is 4.79 Å². The summed E-state index contributed by atoms with van der Waals surface area (Å²) in [5.41, 5.74) is 15.1. The van der Waals surface area contributed by atoms with Crippen molar-refractivity contribution in [1.29, 1.82) is 0 Å². The highest BCUT2D eigenvalue weighted by atomic mass is 35.5. The molecule has 6 nitrogen and oxygen atoms in total. The average molecular weight is 340 g/mol. The maximum absolute atomic E-state index is 11.4. The van der Waals surface area contributed by atoms with E-state index in [1.807, 2.05) is 19.1 Å². The van der Waals surface area contributed by atoms with Crippen molar-refractivity contribution in [3.8, 4) is 22.4 Å². The second kappa shape index (κ2) is 6.25. The Morgan fingerprint density at radius 3 is 2.58 bits per heavy atom. The number of carbonyl (C=O) groups excluding carboxylic acids is 1. The van der Waals surface area contributed by atoms with Gasteiger partial charge in [0, 0.05) is 29.1 Å². The molecule has 3 aromatic rings. The van der Waals surface area contributed by atoms with E-state index in [4.69, 9.17) is 23.1 Å². The summed E-state index contributed by atoms with van der Waals surface area (Å²) in [5, 5.41) is 0.256. The molecule has 2 aromatic heterocycles. The van der Waals surface area contributed by atoms with Gasteiger partial charge in [-0.1, -0.05) is 23.7 Å². The van der Waals surface area contributed by atoms with Crippen LogP contribution in [0.4, 0.5) is 5.95 Å². The molecule has 0 saturated carbocycles. The van der Waals surface area contributed by atoms with E-state index >= 15 is 0 Å². The fourth-order valence-corrected chi connectivity index (χ4v) is 2.80. The first-order chi connectivity index (χ1) is 11.5. The molecule has 0 atom stereocenters. The van der Waals surface area contributed by atoms with Crippen LogP contribution in [0.25, 0.3) is 22.4 Å². The van der Waals surface area contributed by atoms with Crippen LogP contribution in [0.15, 0.2) is 42.7 Å². The van der Waals surface area contributed by atoms with Crippen molar-refractivity contribution >= 4 is 23.5 Å². The van der Waals surface area contributed by atoms with Gasteiger partial charge in [-0.2, -0.15) is 0 Å². The van der Waals surface area contributed by atoms with Gasteiger partial charge in [0.1, 0.15) is 0 Å². The molecule has 0 spiro atoms. The van der Waals surface area contributed by atoms with E-state index in [2.05, 4.69) is 15.0 Å². The first kappa shape index (κ1) is 15.9. The van der Waals surface area contributed by atoms with E-state index in [-0.39, 0.29) is 16.5 Å². The van der Waals surface area contributed by atoms with Crippen LogP contribution in [0.3, 0.4) is 0 Å². The van der Waals surface area contributed by atoms with Gasteiger partial charge in [-0.3, -0.25) is 9.78 Å². The second-order valence-electron chi connectivity index (χ2n) is 5.19. The Labute approximate surface area is 143 Å². The summed E-state index contributed by atoms with van der Waals surface area (Å²) in [6, 6.07) is 8.69. The number of amides is 1. The number of hydrogen-bond donors (Lipinski definition) is 2. The van der Waals surface area contributed by atoms with Crippen molar-refractivity contribution in [2.24, 2.45) is 5.73 Å². The molecule has 1 aromatic carbocycles. The largest absolute Gasteiger partial charge is 0.368 e. The number of primary amides is 1. The lowest BCUT2D eigenvalue weighted by molar-refractivity contribution is 0.100. The van der Waals surface area contributed by atoms with Gasteiger partial charge < -0.3 is 11.5 Å². The highest BCUT2D eigenvalue weighted by Gasteiger charge is 2.16. The molecule has 0 aliphatic rings. The fraction of sp³-hybridized carbons (Fsp3) is 0.0588. The fourth-order valence-electron chi connectivity index (χ4n) is 2.52. The zero-order valence-corrected chi connectivity index (χ0v) is 13.6. The minimum atomic E-state index is -0.586. The summed E-state index contributed by atoms with van der Waals surface area (Å²) in [5.74, 6) is -0.428. The van der Waals surface area contributed by atoms with E-state index in [1.54, 1.807) is 30.6 Å². The Kier molecular flexibility index (Phi) is 4.14. The SMILES string of the molecule is Cc1nc(N)nc(-c2ccc(C(N)=O)c(Cl)c2)c1-c1cccnc1. The number of nitrogen functional groups attached to an aromatic ring is 1. The molecule has 0 fully saturated rings. The minimum Gasteiger partial charge on any atom is -0.368 e. The lowest BCUT2D eigenvalue weighted by Crippen LogP contribution is -2.11. The third-order valence-electron chi connectivity index (χ3n) is 3.57. The van der Waals surface area contributed by atoms with Crippen LogP contribution in [0.2, 0.25) is 5.02 Å². The van der Waals surface area contributed by atoms with Crippen molar-refractivity contribution in [1.82, 2.24) is 15.0 Å². The van der Waals surface area contributed by atoms with E-state index in [0.717, 1.165) is 16.8 Å². The molecular formula is C17H14ClN5O. The van der Waals surface area contributed by atoms with Crippen LogP contribution in [0.5, 0.6) is 0 Å². The molecule has 7 heteroatoms. The van der Waals surface area contributed by atoms with Gasteiger partial charge in [0.25, 0.3) is 0 Å². The number of pyridine rings is 1. The second-order valence-corrected chi connectivity index (χ2v) is 5.60. The molecule has 24 heavy (non-hydrogen) atoms. The van der Waals surface area contributed by atoms with Crippen molar-refractivity contribution in [2.75, 3.05) is 5.73 Å². The normalized spacial score (nSPS) is 10.6. The number of nitrogens with zero attached hydrogens (tertiary/aromatic N) is 3. The van der Waals surface area contributed by atoms with Crippen LogP contribution in [0.1, 0.15) is 16.1 Å². The van der Waals surface area contributed by atoms with Gasteiger partial charge in [0.05, 0.1) is 22.0 Å². The van der Waals surface area contributed by atoms with Gasteiger partial charge in [0.15, 0.2) is 0 Å². The Bertz CT molecular complexity index is 928. The molecule has 0 bridgehead atoms. The van der Waals surface area contributed by atoms with Gasteiger partial charge >= 0.3 is 0 Å². The standard InChI is InChI=1S/C17H14ClN5O/c1-9-14(11-3-2-6-21-8-11)15(23-17(20)22-9)10-4-5-12(16(19)24)13(18)7-10/h2-8H,1H3,(H2,19,24)(H2,20,22,23). The molecule has 120 valence electrons. The molecule has 0 unspecified atom stereocenters. The predicted molar refractivity (Wildman–Crippen MR) is 93.4 cm³/mol. The van der Waals surface area contributed by atoms with Crippen LogP contribution in [-0.2, 0) is 0 Å². The number of rotatable bonds is 3. The highest BCUT2D eigenvalue weighted by molar-refractivity contribution is 6.34. The topological polar surface area (TPSA) is 108 Å². The number of nitrogens with two attached hydrogens (primary N) is 2. The summed E-state index contributed by atoms with van der Waals surface area (Å²) < 4.78 is 0. The smallest absolute Gasteiger partial charge is 0.250 e. The monoisotopic (exact) mass is 339 g/mol.